The summed E-state index contributed by atoms with van der Waals surface area (Å²) < 4.78 is 47.7. The van der Waals surface area contributed by atoms with Crippen LogP contribution in [0.1, 0.15) is 11.3 Å². The molecule has 0 atom stereocenters. The lowest BCUT2D eigenvalue weighted by Gasteiger charge is -2.10. The molecule has 0 radical (unpaired) electrons. The molecule has 0 aliphatic rings. The van der Waals surface area contributed by atoms with E-state index in [9.17, 15) is 12.8 Å². The number of nitrogens with zero attached hydrogens (tertiary/aromatic N) is 2. The van der Waals surface area contributed by atoms with Crippen LogP contribution in [0.15, 0.2) is 59.5 Å². The Bertz CT molecular complexity index is 1020. The van der Waals surface area contributed by atoms with Gasteiger partial charge in [-0.3, -0.25) is 0 Å². The lowest BCUT2D eigenvalue weighted by Crippen LogP contribution is -2.26. The molecule has 0 saturated carbocycles. The third-order valence-electron chi connectivity index (χ3n) is 4.04. The van der Waals surface area contributed by atoms with Gasteiger partial charge >= 0.3 is 0 Å². The highest BCUT2D eigenvalue weighted by atomic mass is 32.2. The number of para-hydroxylation sites is 1. The summed E-state index contributed by atoms with van der Waals surface area (Å²) in [6.07, 6.45) is 0.405. The van der Waals surface area contributed by atoms with Crippen molar-refractivity contribution in [3.05, 3.63) is 71.7 Å². The van der Waals surface area contributed by atoms with E-state index in [-0.39, 0.29) is 11.4 Å². The number of halogens is 1. The maximum absolute atomic E-state index is 13.0. The van der Waals surface area contributed by atoms with Gasteiger partial charge in [-0.05, 0) is 49.7 Å². The molecule has 0 spiro atoms. The molecule has 2 aromatic carbocycles. The summed E-state index contributed by atoms with van der Waals surface area (Å²) in [5.41, 5.74) is 1.59. The number of rotatable bonds is 7. The second kappa shape index (κ2) is 7.89. The standard InChI is InChI=1S/C19H20FN3O3S/c1-14-18(19(23(2)22-14)26-16-6-4-3-5-7-16)12-13-21-27(24,25)17-10-8-15(20)9-11-17/h3-11,21H,12-13H2,1-2H3. The zero-order valence-electron chi connectivity index (χ0n) is 15.0. The first-order chi connectivity index (χ1) is 12.9. The quantitative estimate of drug-likeness (QED) is 0.674. The Labute approximate surface area is 157 Å². The number of nitrogens with one attached hydrogen (secondary N) is 1. The Kier molecular flexibility index (Phi) is 5.57. The molecule has 0 fully saturated rings. The van der Waals surface area contributed by atoms with Gasteiger partial charge in [0.05, 0.1) is 10.6 Å². The molecule has 0 aliphatic heterocycles. The van der Waals surface area contributed by atoms with Gasteiger partial charge in [0.25, 0.3) is 0 Å². The largest absolute Gasteiger partial charge is 0.439 e. The first kappa shape index (κ1) is 19.1. The van der Waals surface area contributed by atoms with Crippen molar-refractivity contribution in [3.63, 3.8) is 0 Å². The van der Waals surface area contributed by atoms with Crippen LogP contribution in [-0.4, -0.2) is 24.7 Å². The molecule has 0 unspecified atom stereocenters. The van der Waals surface area contributed by atoms with Gasteiger partial charge in [0.2, 0.25) is 15.9 Å². The molecule has 6 nitrogen and oxygen atoms in total. The maximum Gasteiger partial charge on any atom is 0.240 e. The Morgan fingerprint density at radius 3 is 2.44 bits per heavy atom. The van der Waals surface area contributed by atoms with Crippen molar-refractivity contribution in [1.82, 2.24) is 14.5 Å². The van der Waals surface area contributed by atoms with Crippen LogP contribution in [0.4, 0.5) is 4.39 Å². The molecule has 1 heterocycles. The van der Waals surface area contributed by atoms with Crippen LogP contribution in [0.25, 0.3) is 0 Å². The minimum absolute atomic E-state index is 0.0209. The van der Waals surface area contributed by atoms with Crippen LogP contribution in [0.5, 0.6) is 11.6 Å². The Hall–Kier alpha value is -2.71. The summed E-state index contributed by atoms with van der Waals surface area (Å²) in [7, 11) is -1.93. The van der Waals surface area contributed by atoms with Crippen LogP contribution in [-0.2, 0) is 23.5 Å². The second-order valence-corrected chi connectivity index (χ2v) is 7.78. The van der Waals surface area contributed by atoms with E-state index in [1.54, 1.807) is 11.7 Å². The predicted octanol–water partition coefficient (Wildman–Crippen LogP) is 3.18. The Balaban J connectivity index is 1.72. The summed E-state index contributed by atoms with van der Waals surface area (Å²) in [5.74, 6) is 0.760. The number of sulfonamides is 1. The van der Waals surface area contributed by atoms with Gasteiger partial charge in [-0.1, -0.05) is 18.2 Å². The minimum atomic E-state index is -3.71. The summed E-state index contributed by atoms with van der Waals surface area (Å²) in [5, 5.41) is 4.36. The van der Waals surface area contributed by atoms with Crippen molar-refractivity contribution in [2.75, 3.05) is 6.54 Å². The normalized spacial score (nSPS) is 11.5. The fourth-order valence-electron chi connectivity index (χ4n) is 2.70. The topological polar surface area (TPSA) is 73.2 Å². The van der Waals surface area contributed by atoms with E-state index in [4.69, 9.17) is 4.74 Å². The monoisotopic (exact) mass is 389 g/mol. The molecule has 8 heteroatoms. The number of hydrogen-bond acceptors (Lipinski definition) is 4. The van der Waals surface area contributed by atoms with E-state index in [1.165, 1.54) is 12.1 Å². The lowest BCUT2D eigenvalue weighted by atomic mass is 10.2. The summed E-state index contributed by atoms with van der Waals surface area (Å²) in [4.78, 5) is 0.0209. The smallest absolute Gasteiger partial charge is 0.240 e. The molecule has 1 N–H and O–H groups in total. The molecule has 0 saturated heterocycles. The number of ether oxygens (including phenoxy) is 1. The van der Waals surface area contributed by atoms with Crippen molar-refractivity contribution < 1.29 is 17.5 Å². The zero-order chi connectivity index (χ0) is 19.4. The molecular weight excluding hydrogens is 369 g/mol. The fraction of sp³-hybridized carbons (Fsp3) is 0.211. The molecule has 27 heavy (non-hydrogen) atoms. The first-order valence-electron chi connectivity index (χ1n) is 8.37. The fourth-order valence-corrected chi connectivity index (χ4v) is 3.74. The Morgan fingerprint density at radius 2 is 1.78 bits per heavy atom. The van der Waals surface area contributed by atoms with E-state index < -0.39 is 15.8 Å². The SMILES string of the molecule is Cc1nn(C)c(Oc2ccccc2)c1CCNS(=O)(=O)c1ccc(F)cc1. The van der Waals surface area contributed by atoms with E-state index in [0.29, 0.717) is 18.1 Å². The van der Waals surface area contributed by atoms with Crippen molar-refractivity contribution in [2.24, 2.45) is 7.05 Å². The van der Waals surface area contributed by atoms with Crippen molar-refractivity contribution in [2.45, 2.75) is 18.2 Å². The van der Waals surface area contributed by atoms with Gasteiger partial charge in [0, 0.05) is 19.2 Å². The third-order valence-corrected chi connectivity index (χ3v) is 5.51. The molecule has 3 aromatic rings. The third kappa shape index (κ3) is 4.53. The number of aromatic nitrogens is 2. The van der Waals surface area contributed by atoms with Gasteiger partial charge in [-0.25, -0.2) is 22.2 Å². The van der Waals surface area contributed by atoms with Crippen molar-refractivity contribution in [3.8, 4) is 11.6 Å². The minimum Gasteiger partial charge on any atom is -0.439 e. The summed E-state index contributed by atoms with van der Waals surface area (Å²) in [6, 6.07) is 14.0. The lowest BCUT2D eigenvalue weighted by molar-refractivity contribution is 0.425. The average Bonchev–Trinajstić information content (AvgIpc) is 2.90. The number of benzene rings is 2. The van der Waals surface area contributed by atoms with Gasteiger partial charge in [-0.2, -0.15) is 5.10 Å². The summed E-state index contributed by atoms with van der Waals surface area (Å²) in [6.45, 7) is 2.01. The number of hydrogen-bond donors (Lipinski definition) is 1. The summed E-state index contributed by atoms with van der Waals surface area (Å²) >= 11 is 0. The number of aryl methyl sites for hydroxylation is 2. The van der Waals surface area contributed by atoms with Crippen LogP contribution >= 0.6 is 0 Å². The Morgan fingerprint density at radius 1 is 1.11 bits per heavy atom. The van der Waals surface area contributed by atoms with Crippen molar-refractivity contribution >= 4 is 10.0 Å². The highest BCUT2D eigenvalue weighted by molar-refractivity contribution is 7.89. The molecule has 0 amide bonds. The first-order valence-corrected chi connectivity index (χ1v) is 9.86. The van der Waals surface area contributed by atoms with Crippen LogP contribution in [0, 0.1) is 12.7 Å². The van der Waals surface area contributed by atoms with E-state index in [1.807, 2.05) is 37.3 Å². The van der Waals surface area contributed by atoms with Crippen LogP contribution in [0.3, 0.4) is 0 Å². The molecule has 0 bridgehead atoms. The van der Waals surface area contributed by atoms with E-state index in [0.717, 1.165) is 23.4 Å². The maximum atomic E-state index is 13.0. The van der Waals surface area contributed by atoms with Gasteiger partial charge in [-0.15, -0.1) is 0 Å². The molecule has 3 rings (SSSR count). The second-order valence-electron chi connectivity index (χ2n) is 6.01. The molecular formula is C19H20FN3O3S. The van der Waals surface area contributed by atoms with Crippen molar-refractivity contribution in [1.29, 1.82) is 0 Å². The van der Waals surface area contributed by atoms with Gasteiger partial charge < -0.3 is 4.74 Å². The van der Waals surface area contributed by atoms with Crippen LogP contribution in [0.2, 0.25) is 0 Å². The van der Waals surface area contributed by atoms with E-state index >= 15 is 0 Å². The van der Waals surface area contributed by atoms with E-state index in [2.05, 4.69) is 9.82 Å². The molecule has 142 valence electrons. The highest BCUT2D eigenvalue weighted by Crippen LogP contribution is 2.27. The molecule has 1 aromatic heterocycles. The predicted molar refractivity (Wildman–Crippen MR) is 99.8 cm³/mol. The van der Waals surface area contributed by atoms with Gasteiger partial charge in [0.15, 0.2) is 0 Å². The molecule has 0 aliphatic carbocycles. The van der Waals surface area contributed by atoms with Gasteiger partial charge in [0.1, 0.15) is 11.6 Å². The highest BCUT2D eigenvalue weighted by Gasteiger charge is 2.18. The average molecular weight is 389 g/mol. The zero-order valence-corrected chi connectivity index (χ0v) is 15.8. The van der Waals surface area contributed by atoms with Crippen LogP contribution < -0.4 is 9.46 Å².